The normalized spacial score (nSPS) is 14.1. The molecule has 94 valence electrons. The summed E-state index contributed by atoms with van der Waals surface area (Å²) in [5.41, 5.74) is 1.14. The summed E-state index contributed by atoms with van der Waals surface area (Å²) >= 11 is 0. The van der Waals surface area contributed by atoms with Gasteiger partial charge in [0, 0.05) is 17.8 Å². The summed E-state index contributed by atoms with van der Waals surface area (Å²) in [4.78, 5) is 12.2. The van der Waals surface area contributed by atoms with E-state index < -0.39 is 0 Å². The van der Waals surface area contributed by atoms with Crippen molar-refractivity contribution in [3.8, 4) is 22.9 Å². The Morgan fingerprint density at radius 1 is 1.32 bits per heavy atom. The first kappa shape index (κ1) is 11.5. The van der Waals surface area contributed by atoms with Crippen LogP contribution in [0.15, 0.2) is 41.3 Å². The molecule has 1 fully saturated rings. The van der Waals surface area contributed by atoms with Crippen LogP contribution in [0, 0.1) is 11.3 Å². The van der Waals surface area contributed by atoms with Gasteiger partial charge < -0.3 is 9.67 Å². The molecular formula is C15H12N2O2. The van der Waals surface area contributed by atoms with Gasteiger partial charge in [-0.3, -0.25) is 4.79 Å². The summed E-state index contributed by atoms with van der Waals surface area (Å²) in [7, 11) is 0. The second-order valence-corrected chi connectivity index (χ2v) is 4.71. The van der Waals surface area contributed by atoms with Gasteiger partial charge in [-0.05, 0) is 36.6 Å². The van der Waals surface area contributed by atoms with Gasteiger partial charge in [-0.15, -0.1) is 0 Å². The van der Waals surface area contributed by atoms with Crippen LogP contribution in [0.25, 0.3) is 11.1 Å². The van der Waals surface area contributed by atoms with Gasteiger partial charge in [0.15, 0.2) is 0 Å². The molecule has 3 rings (SSSR count). The van der Waals surface area contributed by atoms with Crippen LogP contribution < -0.4 is 5.56 Å². The monoisotopic (exact) mass is 252 g/mol. The lowest BCUT2D eigenvalue weighted by atomic mass is 10.0. The van der Waals surface area contributed by atoms with Crippen molar-refractivity contribution in [2.24, 2.45) is 0 Å². The van der Waals surface area contributed by atoms with Crippen LogP contribution in [-0.4, -0.2) is 9.67 Å². The minimum atomic E-state index is -0.245. The molecule has 0 bridgehead atoms. The van der Waals surface area contributed by atoms with Crippen molar-refractivity contribution in [2.45, 2.75) is 18.9 Å². The minimum Gasteiger partial charge on any atom is -0.508 e. The maximum atomic E-state index is 12.2. The Morgan fingerprint density at radius 3 is 2.74 bits per heavy atom. The molecule has 1 aromatic heterocycles. The molecule has 0 saturated heterocycles. The molecular weight excluding hydrogens is 240 g/mol. The number of hydrogen-bond donors (Lipinski definition) is 1. The Hall–Kier alpha value is -2.54. The van der Waals surface area contributed by atoms with Gasteiger partial charge in [0.2, 0.25) is 0 Å². The summed E-state index contributed by atoms with van der Waals surface area (Å²) < 4.78 is 1.63. The van der Waals surface area contributed by atoms with Crippen LogP contribution in [-0.2, 0) is 0 Å². The first-order chi connectivity index (χ1) is 9.20. The summed E-state index contributed by atoms with van der Waals surface area (Å²) in [5, 5.41) is 18.7. The van der Waals surface area contributed by atoms with Crippen molar-refractivity contribution < 1.29 is 5.11 Å². The zero-order chi connectivity index (χ0) is 13.4. The van der Waals surface area contributed by atoms with Crippen LogP contribution in [0.5, 0.6) is 5.75 Å². The highest BCUT2D eigenvalue weighted by atomic mass is 16.3. The lowest BCUT2D eigenvalue weighted by molar-refractivity contribution is 0.475. The largest absolute Gasteiger partial charge is 0.508 e. The Morgan fingerprint density at radius 2 is 2.11 bits per heavy atom. The summed E-state index contributed by atoms with van der Waals surface area (Å²) in [6, 6.07) is 10.6. The molecule has 1 aromatic carbocycles. The fourth-order valence-corrected chi connectivity index (χ4v) is 2.21. The molecule has 1 aliphatic rings. The molecule has 0 amide bonds. The Balaban J connectivity index is 2.20. The lowest BCUT2D eigenvalue weighted by Gasteiger charge is -2.08. The zero-order valence-electron chi connectivity index (χ0n) is 10.2. The first-order valence-corrected chi connectivity index (χ1v) is 6.15. The number of hydrogen-bond acceptors (Lipinski definition) is 3. The fraction of sp³-hybridized carbons (Fsp3) is 0.200. The minimum absolute atomic E-state index is 0.118. The molecule has 0 unspecified atom stereocenters. The van der Waals surface area contributed by atoms with Crippen molar-refractivity contribution in [1.82, 2.24) is 4.57 Å². The van der Waals surface area contributed by atoms with Crippen LogP contribution in [0.3, 0.4) is 0 Å². The molecule has 4 heteroatoms. The second-order valence-electron chi connectivity index (χ2n) is 4.71. The molecule has 0 aliphatic heterocycles. The Bertz CT molecular complexity index is 737. The van der Waals surface area contributed by atoms with E-state index in [1.165, 1.54) is 0 Å². The van der Waals surface area contributed by atoms with Gasteiger partial charge in [0.05, 0.1) is 0 Å². The highest BCUT2D eigenvalue weighted by molar-refractivity contribution is 5.70. The third-order valence-corrected chi connectivity index (χ3v) is 3.33. The zero-order valence-corrected chi connectivity index (χ0v) is 10.2. The average molecular weight is 252 g/mol. The highest BCUT2D eigenvalue weighted by Gasteiger charge is 2.26. The van der Waals surface area contributed by atoms with Gasteiger partial charge in [-0.25, -0.2) is 0 Å². The molecule has 4 nitrogen and oxygen atoms in total. The van der Waals surface area contributed by atoms with E-state index in [2.05, 4.69) is 0 Å². The van der Waals surface area contributed by atoms with Gasteiger partial charge in [-0.1, -0.05) is 12.1 Å². The number of nitriles is 1. The molecule has 1 N–H and O–H groups in total. The molecule has 1 aliphatic carbocycles. The number of benzene rings is 1. The fourth-order valence-electron chi connectivity index (χ4n) is 2.21. The third-order valence-electron chi connectivity index (χ3n) is 3.33. The van der Waals surface area contributed by atoms with Gasteiger partial charge in [0.1, 0.15) is 17.4 Å². The van der Waals surface area contributed by atoms with Crippen molar-refractivity contribution in [3.05, 3.63) is 52.4 Å². The maximum Gasteiger partial charge on any atom is 0.269 e. The topological polar surface area (TPSA) is 66.0 Å². The molecule has 19 heavy (non-hydrogen) atoms. The van der Waals surface area contributed by atoms with Crippen molar-refractivity contribution >= 4 is 0 Å². The van der Waals surface area contributed by atoms with Crippen molar-refractivity contribution in [2.75, 3.05) is 0 Å². The van der Waals surface area contributed by atoms with E-state index in [9.17, 15) is 15.2 Å². The van der Waals surface area contributed by atoms with E-state index in [4.69, 9.17) is 0 Å². The molecule has 1 saturated carbocycles. The SMILES string of the molecule is N#Cc1c(-c2cccc(O)c2)ccn(C2CC2)c1=O. The second kappa shape index (κ2) is 4.29. The third kappa shape index (κ3) is 2.00. The predicted molar refractivity (Wildman–Crippen MR) is 70.8 cm³/mol. The number of aromatic hydroxyl groups is 1. The quantitative estimate of drug-likeness (QED) is 0.892. The van der Waals surface area contributed by atoms with Crippen LogP contribution in [0.1, 0.15) is 24.4 Å². The number of rotatable bonds is 2. The van der Waals surface area contributed by atoms with Crippen LogP contribution in [0.4, 0.5) is 0 Å². The molecule has 1 heterocycles. The smallest absolute Gasteiger partial charge is 0.269 e. The molecule has 0 spiro atoms. The van der Waals surface area contributed by atoms with E-state index in [0.717, 1.165) is 12.8 Å². The van der Waals surface area contributed by atoms with Gasteiger partial charge in [-0.2, -0.15) is 5.26 Å². The highest BCUT2D eigenvalue weighted by Crippen LogP contribution is 2.34. The van der Waals surface area contributed by atoms with E-state index in [0.29, 0.717) is 11.1 Å². The number of phenols is 1. The predicted octanol–water partition coefficient (Wildman–Crippen LogP) is 2.43. The van der Waals surface area contributed by atoms with Crippen molar-refractivity contribution in [3.63, 3.8) is 0 Å². The standard InChI is InChI=1S/C15H12N2O2/c16-9-14-13(10-2-1-3-12(18)8-10)6-7-17(15(14)19)11-4-5-11/h1-3,6-8,11,18H,4-5H2. The van der Waals surface area contributed by atoms with E-state index >= 15 is 0 Å². The van der Waals surface area contributed by atoms with E-state index in [-0.39, 0.29) is 22.9 Å². The Labute approximate surface area is 110 Å². The summed E-state index contributed by atoms with van der Waals surface area (Å²) in [6.07, 6.45) is 3.73. The van der Waals surface area contributed by atoms with Gasteiger partial charge in [0.25, 0.3) is 5.56 Å². The van der Waals surface area contributed by atoms with Gasteiger partial charge >= 0.3 is 0 Å². The van der Waals surface area contributed by atoms with Crippen molar-refractivity contribution in [1.29, 1.82) is 5.26 Å². The average Bonchev–Trinajstić information content (AvgIpc) is 3.22. The van der Waals surface area contributed by atoms with E-state index in [1.807, 2.05) is 6.07 Å². The Kier molecular flexibility index (Phi) is 2.60. The number of nitrogens with zero attached hydrogens (tertiary/aromatic N) is 2. The number of pyridine rings is 1. The molecule has 2 aromatic rings. The summed E-state index contributed by atoms with van der Waals surface area (Å²) in [5.74, 6) is 0.118. The number of phenolic OH excluding ortho intramolecular Hbond substituents is 1. The first-order valence-electron chi connectivity index (χ1n) is 6.15. The lowest BCUT2D eigenvalue weighted by Crippen LogP contribution is -2.21. The van der Waals surface area contributed by atoms with E-state index in [1.54, 1.807) is 41.1 Å². The molecule has 0 radical (unpaired) electrons. The summed E-state index contributed by atoms with van der Waals surface area (Å²) in [6.45, 7) is 0. The van der Waals surface area contributed by atoms with Crippen LogP contribution in [0.2, 0.25) is 0 Å². The molecule has 0 atom stereocenters. The maximum absolute atomic E-state index is 12.2. The van der Waals surface area contributed by atoms with Crippen LogP contribution >= 0.6 is 0 Å². The number of aromatic nitrogens is 1.